The van der Waals surface area contributed by atoms with Crippen LogP contribution >= 0.6 is 0 Å². The Balaban J connectivity index is 1.63. The molecule has 1 amide bonds. The quantitative estimate of drug-likeness (QED) is 0.642. The first kappa shape index (κ1) is 18.9. The summed E-state index contributed by atoms with van der Waals surface area (Å²) in [6, 6.07) is 14.9. The highest BCUT2D eigenvalue weighted by atomic mass is 16.2. The lowest BCUT2D eigenvalue weighted by molar-refractivity contribution is -0.125. The molecule has 0 saturated heterocycles. The van der Waals surface area contributed by atoms with Gasteiger partial charge in [0.2, 0.25) is 5.91 Å². The third-order valence-electron chi connectivity index (χ3n) is 7.88. The van der Waals surface area contributed by atoms with Crippen molar-refractivity contribution in [3.05, 3.63) is 65.5 Å². The third kappa shape index (κ3) is 2.18. The van der Waals surface area contributed by atoms with Crippen LogP contribution in [0, 0.1) is 5.41 Å². The second kappa shape index (κ2) is 5.97. The number of nitrogens with one attached hydrogen (secondary N) is 1. The van der Waals surface area contributed by atoms with Gasteiger partial charge >= 0.3 is 0 Å². The number of nitrogens with zero attached hydrogens (tertiary/aromatic N) is 2. The fourth-order valence-electron chi connectivity index (χ4n) is 5.58. The van der Waals surface area contributed by atoms with Crippen LogP contribution in [0.1, 0.15) is 62.3 Å². The van der Waals surface area contributed by atoms with Gasteiger partial charge in [-0.2, -0.15) is 0 Å². The van der Waals surface area contributed by atoms with E-state index in [0.29, 0.717) is 11.3 Å². The summed E-state index contributed by atoms with van der Waals surface area (Å²) in [6.07, 6.45) is 1.64. The number of Topliss-reactive ketones (excluding diaryl/α,β-unsaturated/α-hetero) is 1. The summed E-state index contributed by atoms with van der Waals surface area (Å²) in [4.78, 5) is 35.4. The van der Waals surface area contributed by atoms with Gasteiger partial charge in [0, 0.05) is 16.7 Å². The Bertz CT molecular complexity index is 1210. The van der Waals surface area contributed by atoms with Crippen molar-refractivity contribution >= 4 is 28.4 Å². The summed E-state index contributed by atoms with van der Waals surface area (Å²) in [7, 11) is 0. The first-order valence-corrected chi connectivity index (χ1v) is 10.4. The molecule has 0 unspecified atom stereocenters. The molecule has 2 bridgehead atoms. The average molecular weight is 399 g/mol. The topological polar surface area (TPSA) is 72.0 Å². The molecule has 3 aromatic rings. The van der Waals surface area contributed by atoms with Gasteiger partial charge in [-0.1, -0.05) is 32.9 Å². The van der Waals surface area contributed by atoms with E-state index in [-0.39, 0.29) is 22.5 Å². The van der Waals surface area contributed by atoms with Crippen molar-refractivity contribution in [2.24, 2.45) is 5.41 Å². The number of carbonyl (C=O) groups excluding carboxylic acids is 2. The monoisotopic (exact) mass is 399 g/mol. The fraction of sp³-hybridized carbons (Fsp3) is 0.360. The number of carbonyl (C=O) groups is 2. The smallest absolute Gasteiger partial charge is 0.237 e. The van der Waals surface area contributed by atoms with Gasteiger partial charge in [0.1, 0.15) is 0 Å². The van der Waals surface area contributed by atoms with Crippen LogP contribution in [0.3, 0.4) is 0 Å². The summed E-state index contributed by atoms with van der Waals surface area (Å²) < 4.78 is 0. The SMILES string of the molecule is CC(=O)c1ccc(NC(=O)[C@@]23CC[C@](C)(c4nc5ccccc5nc42)C3(C)C)cc1. The van der Waals surface area contributed by atoms with E-state index in [1.807, 2.05) is 24.3 Å². The Hall–Kier alpha value is -3.08. The normalized spacial score (nSPS) is 25.9. The summed E-state index contributed by atoms with van der Waals surface area (Å²) in [5, 5.41) is 3.11. The second-order valence-corrected chi connectivity index (χ2v) is 9.36. The Labute approximate surface area is 175 Å². The van der Waals surface area contributed by atoms with Crippen LogP contribution in [0.25, 0.3) is 11.0 Å². The van der Waals surface area contributed by atoms with Crippen LogP contribution in [-0.2, 0) is 15.6 Å². The summed E-state index contributed by atoms with van der Waals surface area (Å²) in [5.74, 6) is -0.0406. The van der Waals surface area contributed by atoms with Gasteiger partial charge in [0.15, 0.2) is 5.78 Å². The van der Waals surface area contributed by atoms with Crippen LogP contribution < -0.4 is 5.32 Å². The van der Waals surface area contributed by atoms with Crippen LogP contribution in [-0.4, -0.2) is 21.7 Å². The van der Waals surface area contributed by atoms with E-state index < -0.39 is 5.41 Å². The number of amides is 1. The van der Waals surface area contributed by atoms with Crippen LogP contribution in [0.5, 0.6) is 0 Å². The minimum atomic E-state index is -0.743. The number of anilines is 1. The molecule has 1 N–H and O–H groups in total. The number of para-hydroxylation sites is 2. The minimum Gasteiger partial charge on any atom is -0.325 e. The zero-order valence-corrected chi connectivity index (χ0v) is 17.7. The minimum absolute atomic E-state index is 0.00559. The first-order valence-electron chi connectivity index (χ1n) is 10.4. The van der Waals surface area contributed by atoms with Crippen molar-refractivity contribution in [3.63, 3.8) is 0 Å². The van der Waals surface area contributed by atoms with E-state index in [2.05, 4.69) is 26.1 Å². The third-order valence-corrected chi connectivity index (χ3v) is 7.88. The summed E-state index contributed by atoms with van der Waals surface area (Å²) in [6.45, 7) is 8.10. The molecule has 1 aromatic heterocycles. The Morgan fingerprint density at radius 1 is 0.867 bits per heavy atom. The average Bonchev–Trinajstić information content (AvgIpc) is 3.02. The van der Waals surface area contributed by atoms with Gasteiger partial charge in [-0.05, 0) is 61.6 Å². The molecular weight excluding hydrogens is 374 g/mol. The lowest BCUT2D eigenvalue weighted by atomic mass is 9.63. The van der Waals surface area contributed by atoms with Gasteiger partial charge in [-0.3, -0.25) is 9.59 Å². The molecule has 0 aliphatic heterocycles. The Kier molecular flexibility index (Phi) is 3.77. The number of rotatable bonds is 3. The fourth-order valence-corrected chi connectivity index (χ4v) is 5.58. The Morgan fingerprint density at radius 2 is 1.47 bits per heavy atom. The lowest BCUT2D eigenvalue weighted by Crippen LogP contribution is -2.48. The van der Waals surface area contributed by atoms with Gasteiger partial charge in [0.25, 0.3) is 0 Å². The van der Waals surface area contributed by atoms with Crippen molar-refractivity contribution in [2.45, 2.75) is 51.4 Å². The van der Waals surface area contributed by atoms with Gasteiger partial charge < -0.3 is 5.32 Å². The van der Waals surface area contributed by atoms with Crippen molar-refractivity contribution in [1.29, 1.82) is 0 Å². The maximum Gasteiger partial charge on any atom is 0.237 e. The van der Waals surface area contributed by atoms with Gasteiger partial charge in [-0.15, -0.1) is 0 Å². The number of benzene rings is 2. The number of hydrogen-bond donors (Lipinski definition) is 1. The van der Waals surface area contributed by atoms with E-state index in [1.165, 1.54) is 6.92 Å². The predicted octanol–water partition coefficient (Wildman–Crippen LogP) is 4.80. The van der Waals surface area contributed by atoms with Gasteiger partial charge in [-0.25, -0.2) is 9.97 Å². The number of aromatic nitrogens is 2. The van der Waals surface area contributed by atoms with E-state index >= 15 is 0 Å². The molecule has 0 spiro atoms. The standard InChI is InChI=1S/C25H25N3O2/c1-15(29)16-9-11-17(12-10-16)26-22(30)25-14-13-24(4,23(25,2)3)20-21(25)28-19-8-6-5-7-18(19)27-20/h5-12H,13-14H2,1-4H3,(H,26,30)/t24-,25-/m1/s1. The molecule has 2 atom stereocenters. The zero-order valence-electron chi connectivity index (χ0n) is 17.7. The highest BCUT2D eigenvalue weighted by Crippen LogP contribution is 2.70. The molecule has 0 radical (unpaired) electrons. The van der Waals surface area contributed by atoms with Crippen LogP contribution in [0.4, 0.5) is 5.69 Å². The maximum atomic E-state index is 13.8. The van der Waals surface area contributed by atoms with E-state index in [4.69, 9.17) is 9.97 Å². The van der Waals surface area contributed by atoms with Gasteiger partial charge in [0.05, 0.1) is 27.8 Å². The van der Waals surface area contributed by atoms with Crippen molar-refractivity contribution in [2.75, 3.05) is 5.32 Å². The predicted molar refractivity (Wildman–Crippen MR) is 117 cm³/mol. The molecule has 5 rings (SSSR count). The van der Waals surface area contributed by atoms with Crippen molar-refractivity contribution < 1.29 is 9.59 Å². The molecule has 2 aliphatic rings. The molecule has 2 aromatic carbocycles. The number of ketones is 1. The molecule has 1 heterocycles. The molecule has 5 nitrogen and oxygen atoms in total. The number of fused-ring (bicyclic) bond motifs is 6. The molecule has 2 aliphatic carbocycles. The highest BCUT2D eigenvalue weighted by Gasteiger charge is 2.73. The lowest BCUT2D eigenvalue weighted by Gasteiger charge is -2.39. The molecule has 5 heteroatoms. The largest absolute Gasteiger partial charge is 0.325 e. The molecular formula is C25H25N3O2. The molecule has 1 saturated carbocycles. The molecule has 1 fully saturated rings. The summed E-state index contributed by atoms with van der Waals surface area (Å²) in [5.41, 5.74) is 3.50. The van der Waals surface area contributed by atoms with Crippen LogP contribution in [0.15, 0.2) is 48.5 Å². The second-order valence-electron chi connectivity index (χ2n) is 9.36. The summed E-state index contributed by atoms with van der Waals surface area (Å²) >= 11 is 0. The molecule has 152 valence electrons. The number of hydrogen-bond acceptors (Lipinski definition) is 4. The van der Waals surface area contributed by atoms with E-state index in [1.54, 1.807) is 24.3 Å². The molecule has 30 heavy (non-hydrogen) atoms. The van der Waals surface area contributed by atoms with E-state index in [0.717, 1.165) is 35.3 Å². The first-order chi connectivity index (χ1) is 14.2. The van der Waals surface area contributed by atoms with Crippen molar-refractivity contribution in [1.82, 2.24) is 9.97 Å². The Morgan fingerprint density at radius 3 is 2.07 bits per heavy atom. The van der Waals surface area contributed by atoms with E-state index in [9.17, 15) is 9.59 Å². The van der Waals surface area contributed by atoms with Crippen LogP contribution in [0.2, 0.25) is 0 Å². The highest BCUT2D eigenvalue weighted by molar-refractivity contribution is 6.02. The van der Waals surface area contributed by atoms with Crippen molar-refractivity contribution in [3.8, 4) is 0 Å². The maximum absolute atomic E-state index is 13.8. The zero-order chi connectivity index (χ0) is 21.3.